The average Bonchev–Trinajstić information content (AvgIpc) is 1.82. The van der Waals surface area contributed by atoms with E-state index in [2.05, 4.69) is 19.9 Å². The van der Waals surface area contributed by atoms with Gasteiger partial charge in [-0.3, -0.25) is 4.79 Å². The lowest BCUT2D eigenvalue weighted by molar-refractivity contribution is -0.145. The van der Waals surface area contributed by atoms with Crippen LogP contribution in [0.2, 0.25) is 0 Å². The predicted octanol–water partition coefficient (Wildman–Crippen LogP) is 2.29. The van der Waals surface area contributed by atoms with E-state index in [4.69, 9.17) is 4.74 Å². The quantitative estimate of drug-likeness (QED) is 0.443. The summed E-state index contributed by atoms with van der Waals surface area (Å²) in [6, 6.07) is 0. The molecule has 0 spiro atoms. The van der Waals surface area contributed by atoms with Gasteiger partial charge < -0.3 is 4.74 Å². The highest BCUT2D eigenvalue weighted by atomic mass is 16.5. The highest BCUT2D eigenvalue weighted by molar-refractivity contribution is 5.66. The van der Waals surface area contributed by atoms with Crippen LogP contribution in [0.25, 0.3) is 0 Å². The Bertz CT molecular complexity index is 204. The molecule has 0 N–H and O–H groups in total. The molecule has 1 unspecified atom stereocenters. The molecule has 0 aromatic rings. The number of carbonyl (C=O) groups excluding carboxylic acids is 1. The topological polar surface area (TPSA) is 26.3 Å². The SMILES string of the molecule is CC(=O)OC1C=CCC(C)(C)C1. The Balaban J connectivity index is 2.52. The highest BCUT2D eigenvalue weighted by Crippen LogP contribution is 2.32. The average molecular weight is 168 g/mol. The first kappa shape index (κ1) is 9.30. The summed E-state index contributed by atoms with van der Waals surface area (Å²) in [4.78, 5) is 10.7. The molecule has 1 aliphatic rings. The Kier molecular flexibility index (Phi) is 2.55. The molecule has 1 aliphatic carbocycles. The van der Waals surface area contributed by atoms with Gasteiger partial charge in [-0.1, -0.05) is 19.9 Å². The van der Waals surface area contributed by atoms with E-state index >= 15 is 0 Å². The van der Waals surface area contributed by atoms with E-state index in [9.17, 15) is 4.79 Å². The molecule has 0 aromatic carbocycles. The Morgan fingerprint density at radius 3 is 2.75 bits per heavy atom. The van der Waals surface area contributed by atoms with Gasteiger partial charge in [0.25, 0.3) is 0 Å². The van der Waals surface area contributed by atoms with Crippen LogP contribution in [0, 0.1) is 5.41 Å². The van der Waals surface area contributed by atoms with Crippen LogP contribution in [0.15, 0.2) is 12.2 Å². The van der Waals surface area contributed by atoms with Gasteiger partial charge in [-0.05, 0) is 24.3 Å². The standard InChI is InChI=1S/C10H16O2/c1-8(11)12-9-5-4-6-10(2,3)7-9/h4-5,9H,6-7H2,1-3H3. The lowest BCUT2D eigenvalue weighted by Gasteiger charge is -2.30. The summed E-state index contributed by atoms with van der Waals surface area (Å²) < 4.78 is 5.10. The van der Waals surface area contributed by atoms with Crippen molar-refractivity contribution in [3.8, 4) is 0 Å². The van der Waals surface area contributed by atoms with Crippen molar-refractivity contribution in [3.05, 3.63) is 12.2 Å². The Morgan fingerprint density at radius 1 is 1.58 bits per heavy atom. The van der Waals surface area contributed by atoms with Crippen molar-refractivity contribution >= 4 is 5.97 Å². The zero-order valence-electron chi connectivity index (χ0n) is 7.96. The molecule has 0 bridgehead atoms. The summed E-state index contributed by atoms with van der Waals surface area (Å²) in [5, 5.41) is 0. The van der Waals surface area contributed by atoms with Gasteiger partial charge in [0.05, 0.1) is 0 Å². The van der Waals surface area contributed by atoms with E-state index in [1.807, 2.05) is 6.08 Å². The maximum Gasteiger partial charge on any atom is 0.303 e. The minimum Gasteiger partial charge on any atom is -0.458 e. The molecule has 1 rings (SSSR count). The molecule has 1 atom stereocenters. The molecule has 68 valence electrons. The maximum absolute atomic E-state index is 10.7. The fourth-order valence-corrected chi connectivity index (χ4v) is 1.53. The molecule has 0 radical (unpaired) electrons. The summed E-state index contributed by atoms with van der Waals surface area (Å²) in [7, 11) is 0. The van der Waals surface area contributed by atoms with Crippen molar-refractivity contribution in [2.75, 3.05) is 0 Å². The summed E-state index contributed by atoms with van der Waals surface area (Å²) in [6.45, 7) is 5.83. The molecule has 0 fully saturated rings. The minimum atomic E-state index is -0.192. The van der Waals surface area contributed by atoms with Crippen LogP contribution < -0.4 is 0 Å². The molecular weight excluding hydrogens is 152 g/mol. The lowest BCUT2D eigenvalue weighted by Crippen LogP contribution is -2.26. The van der Waals surface area contributed by atoms with Gasteiger partial charge in [0.2, 0.25) is 0 Å². The van der Waals surface area contributed by atoms with Crippen molar-refractivity contribution < 1.29 is 9.53 Å². The first-order valence-electron chi connectivity index (χ1n) is 4.33. The largest absolute Gasteiger partial charge is 0.458 e. The van der Waals surface area contributed by atoms with E-state index in [1.165, 1.54) is 6.92 Å². The normalized spacial score (nSPS) is 26.8. The van der Waals surface area contributed by atoms with Crippen molar-refractivity contribution in [3.63, 3.8) is 0 Å². The van der Waals surface area contributed by atoms with Crippen LogP contribution in [-0.4, -0.2) is 12.1 Å². The molecule has 0 aliphatic heterocycles. The third-order valence-electron chi connectivity index (χ3n) is 2.09. The molecule has 0 amide bonds. The van der Waals surface area contributed by atoms with Gasteiger partial charge >= 0.3 is 5.97 Å². The summed E-state index contributed by atoms with van der Waals surface area (Å²) in [5.41, 5.74) is 0.273. The van der Waals surface area contributed by atoms with Crippen molar-refractivity contribution in [1.29, 1.82) is 0 Å². The number of esters is 1. The zero-order chi connectivity index (χ0) is 9.19. The van der Waals surface area contributed by atoms with Gasteiger partial charge in [0.15, 0.2) is 0 Å². The molecule has 0 saturated heterocycles. The van der Waals surface area contributed by atoms with Crippen LogP contribution in [0.3, 0.4) is 0 Å². The molecule has 0 saturated carbocycles. The molecule has 12 heavy (non-hydrogen) atoms. The van der Waals surface area contributed by atoms with Crippen LogP contribution in [0.4, 0.5) is 0 Å². The van der Waals surface area contributed by atoms with Gasteiger partial charge in [0.1, 0.15) is 6.10 Å². The van der Waals surface area contributed by atoms with Crippen LogP contribution in [-0.2, 0) is 9.53 Å². The van der Waals surface area contributed by atoms with E-state index in [0.717, 1.165) is 12.8 Å². The van der Waals surface area contributed by atoms with Gasteiger partial charge in [-0.15, -0.1) is 0 Å². The van der Waals surface area contributed by atoms with E-state index in [0.29, 0.717) is 0 Å². The van der Waals surface area contributed by atoms with Gasteiger partial charge in [-0.25, -0.2) is 0 Å². The second kappa shape index (κ2) is 3.30. The number of rotatable bonds is 1. The summed E-state index contributed by atoms with van der Waals surface area (Å²) in [5.74, 6) is -0.192. The first-order chi connectivity index (χ1) is 5.49. The number of hydrogen-bond acceptors (Lipinski definition) is 2. The van der Waals surface area contributed by atoms with Crippen LogP contribution in [0.5, 0.6) is 0 Å². The van der Waals surface area contributed by atoms with E-state index < -0.39 is 0 Å². The molecule has 2 heteroatoms. The van der Waals surface area contributed by atoms with Crippen LogP contribution in [0.1, 0.15) is 33.6 Å². The third kappa shape index (κ3) is 2.68. The van der Waals surface area contributed by atoms with E-state index in [-0.39, 0.29) is 17.5 Å². The smallest absolute Gasteiger partial charge is 0.303 e. The fourth-order valence-electron chi connectivity index (χ4n) is 1.53. The molecule has 0 heterocycles. The number of carbonyl (C=O) groups is 1. The second-order valence-corrected chi connectivity index (χ2v) is 4.15. The molecule has 0 aromatic heterocycles. The number of allylic oxidation sites excluding steroid dienone is 1. The first-order valence-corrected chi connectivity index (χ1v) is 4.33. The Hall–Kier alpha value is -0.790. The maximum atomic E-state index is 10.7. The third-order valence-corrected chi connectivity index (χ3v) is 2.09. The zero-order valence-corrected chi connectivity index (χ0v) is 7.96. The lowest BCUT2D eigenvalue weighted by atomic mass is 9.80. The summed E-state index contributed by atoms with van der Waals surface area (Å²) in [6.07, 6.45) is 6.07. The minimum absolute atomic E-state index is 0.00810. The monoisotopic (exact) mass is 168 g/mol. The predicted molar refractivity (Wildman–Crippen MR) is 47.7 cm³/mol. The van der Waals surface area contributed by atoms with Crippen LogP contribution >= 0.6 is 0 Å². The molecule has 2 nitrogen and oxygen atoms in total. The Morgan fingerprint density at radius 2 is 2.25 bits per heavy atom. The van der Waals surface area contributed by atoms with Crippen molar-refractivity contribution in [1.82, 2.24) is 0 Å². The number of ether oxygens (including phenoxy) is 1. The highest BCUT2D eigenvalue weighted by Gasteiger charge is 2.25. The van der Waals surface area contributed by atoms with Crippen molar-refractivity contribution in [2.24, 2.45) is 5.41 Å². The van der Waals surface area contributed by atoms with Crippen molar-refractivity contribution in [2.45, 2.75) is 39.7 Å². The van der Waals surface area contributed by atoms with E-state index in [1.54, 1.807) is 0 Å². The van der Waals surface area contributed by atoms with Gasteiger partial charge in [0, 0.05) is 6.92 Å². The molecular formula is C10H16O2. The fraction of sp³-hybridized carbons (Fsp3) is 0.700. The summed E-state index contributed by atoms with van der Waals surface area (Å²) >= 11 is 0. The second-order valence-electron chi connectivity index (χ2n) is 4.15. The Labute approximate surface area is 73.6 Å². The number of hydrogen-bond donors (Lipinski definition) is 0. The van der Waals surface area contributed by atoms with Gasteiger partial charge in [-0.2, -0.15) is 0 Å².